The molecule has 0 aliphatic carbocycles. The molecule has 2 heterocycles. The number of carbonyl (C=O) groups excluding carboxylic acids is 2. The fraction of sp³-hybridized carbons (Fsp3) is 0.500. The van der Waals surface area contributed by atoms with E-state index in [4.69, 9.17) is 11.6 Å². The average molecular weight is 434 g/mol. The highest BCUT2D eigenvalue weighted by Gasteiger charge is 2.26. The van der Waals surface area contributed by atoms with E-state index >= 15 is 0 Å². The monoisotopic (exact) mass is 433 g/mol. The van der Waals surface area contributed by atoms with Crippen LogP contribution in [0, 0.1) is 5.92 Å². The molecule has 1 N–H and O–H groups in total. The van der Waals surface area contributed by atoms with Gasteiger partial charge in [-0.15, -0.1) is 11.3 Å². The molecular formula is C22H28ClN3O2S. The Hall–Kier alpha value is -1.92. The van der Waals surface area contributed by atoms with Crippen LogP contribution in [-0.2, 0) is 11.3 Å². The summed E-state index contributed by atoms with van der Waals surface area (Å²) in [7, 11) is 0. The van der Waals surface area contributed by atoms with E-state index in [-0.39, 0.29) is 11.8 Å². The van der Waals surface area contributed by atoms with Gasteiger partial charge in [-0.2, -0.15) is 0 Å². The first-order chi connectivity index (χ1) is 13.9. The van der Waals surface area contributed by atoms with Crippen molar-refractivity contribution in [2.45, 2.75) is 52.0 Å². The number of nitrogens with one attached hydrogen (secondary N) is 1. The SMILES string of the molecule is CC(C)c1nc(C(=O)N2CCCC(CCC(=O)NCc3ccccc3Cl)C2)cs1. The highest BCUT2D eigenvalue weighted by molar-refractivity contribution is 7.09. The number of benzene rings is 1. The number of likely N-dealkylation sites (tertiary alicyclic amines) is 1. The highest BCUT2D eigenvalue weighted by atomic mass is 35.5. The molecule has 1 aliphatic heterocycles. The second kappa shape index (κ2) is 10.2. The lowest BCUT2D eigenvalue weighted by Gasteiger charge is -2.32. The maximum absolute atomic E-state index is 12.8. The number of halogens is 1. The molecule has 0 bridgehead atoms. The quantitative estimate of drug-likeness (QED) is 0.677. The second-order valence-corrected chi connectivity index (χ2v) is 9.19. The van der Waals surface area contributed by atoms with Crippen LogP contribution in [-0.4, -0.2) is 34.8 Å². The van der Waals surface area contributed by atoms with Crippen molar-refractivity contribution in [1.82, 2.24) is 15.2 Å². The van der Waals surface area contributed by atoms with E-state index in [1.807, 2.05) is 34.5 Å². The summed E-state index contributed by atoms with van der Waals surface area (Å²) in [5, 5.41) is 6.47. The molecule has 156 valence electrons. The predicted molar refractivity (Wildman–Crippen MR) is 117 cm³/mol. The molecule has 3 rings (SSSR count). The summed E-state index contributed by atoms with van der Waals surface area (Å²) >= 11 is 7.68. The zero-order valence-electron chi connectivity index (χ0n) is 17.0. The Morgan fingerprint density at radius 1 is 1.34 bits per heavy atom. The van der Waals surface area contributed by atoms with Crippen molar-refractivity contribution >= 4 is 34.8 Å². The molecule has 1 fully saturated rings. The Morgan fingerprint density at radius 3 is 2.86 bits per heavy atom. The summed E-state index contributed by atoms with van der Waals surface area (Å²) in [6.07, 6.45) is 3.27. The first-order valence-electron chi connectivity index (χ1n) is 10.2. The zero-order valence-corrected chi connectivity index (χ0v) is 18.6. The summed E-state index contributed by atoms with van der Waals surface area (Å²) < 4.78 is 0. The molecule has 1 atom stereocenters. The molecule has 1 unspecified atom stereocenters. The van der Waals surface area contributed by atoms with Crippen LogP contribution in [0.1, 0.15) is 66.5 Å². The molecule has 29 heavy (non-hydrogen) atoms. The van der Waals surface area contributed by atoms with E-state index in [2.05, 4.69) is 24.1 Å². The lowest BCUT2D eigenvalue weighted by Crippen LogP contribution is -2.40. The molecule has 1 aromatic heterocycles. The molecule has 2 amide bonds. The van der Waals surface area contributed by atoms with E-state index in [1.165, 1.54) is 0 Å². The number of rotatable bonds is 7. The Bertz CT molecular complexity index is 852. The molecule has 1 aliphatic rings. The molecule has 0 saturated carbocycles. The van der Waals surface area contributed by atoms with Crippen molar-refractivity contribution in [3.63, 3.8) is 0 Å². The molecule has 2 aromatic rings. The van der Waals surface area contributed by atoms with Crippen molar-refractivity contribution in [3.05, 3.63) is 50.9 Å². The maximum atomic E-state index is 12.8. The van der Waals surface area contributed by atoms with Crippen LogP contribution in [0.3, 0.4) is 0 Å². The Morgan fingerprint density at radius 2 is 2.14 bits per heavy atom. The average Bonchev–Trinajstić information content (AvgIpc) is 3.22. The predicted octanol–water partition coefficient (Wildman–Crippen LogP) is 4.87. The summed E-state index contributed by atoms with van der Waals surface area (Å²) in [4.78, 5) is 31.4. The Kier molecular flexibility index (Phi) is 7.67. The van der Waals surface area contributed by atoms with Gasteiger partial charge in [-0.05, 0) is 36.8 Å². The van der Waals surface area contributed by atoms with Gasteiger partial charge in [-0.25, -0.2) is 4.98 Å². The Balaban J connectivity index is 1.46. The summed E-state index contributed by atoms with van der Waals surface area (Å²) in [5.41, 5.74) is 1.47. The van der Waals surface area contributed by atoms with Gasteiger partial charge in [-0.3, -0.25) is 9.59 Å². The van der Waals surface area contributed by atoms with Gasteiger partial charge in [0.2, 0.25) is 5.91 Å². The molecular weight excluding hydrogens is 406 g/mol. The third kappa shape index (κ3) is 6.03. The van der Waals surface area contributed by atoms with E-state index in [0.29, 0.717) is 42.1 Å². The third-order valence-corrected chi connectivity index (χ3v) is 6.77. The van der Waals surface area contributed by atoms with Crippen molar-refractivity contribution < 1.29 is 9.59 Å². The minimum atomic E-state index is 0.0148. The number of hydrogen-bond donors (Lipinski definition) is 1. The number of thiazole rings is 1. The molecule has 0 radical (unpaired) electrons. The summed E-state index contributed by atoms with van der Waals surface area (Å²) in [5.74, 6) is 0.720. The summed E-state index contributed by atoms with van der Waals surface area (Å²) in [6, 6.07) is 7.52. The van der Waals surface area contributed by atoms with Crippen LogP contribution in [0.15, 0.2) is 29.6 Å². The first kappa shape index (κ1) is 21.8. The van der Waals surface area contributed by atoms with Crippen LogP contribution in [0.5, 0.6) is 0 Å². The second-order valence-electron chi connectivity index (χ2n) is 7.89. The smallest absolute Gasteiger partial charge is 0.273 e. The van der Waals surface area contributed by atoms with Crippen molar-refractivity contribution in [2.75, 3.05) is 13.1 Å². The van der Waals surface area contributed by atoms with Gasteiger partial charge < -0.3 is 10.2 Å². The molecule has 1 aromatic carbocycles. The number of amides is 2. The lowest BCUT2D eigenvalue weighted by molar-refractivity contribution is -0.121. The molecule has 5 nitrogen and oxygen atoms in total. The van der Waals surface area contributed by atoms with Gasteiger partial charge in [0.05, 0.1) is 5.01 Å². The van der Waals surface area contributed by atoms with Gasteiger partial charge >= 0.3 is 0 Å². The van der Waals surface area contributed by atoms with Crippen LogP contribution >= 0.6 is 22.9 Å². The maximum Gasteiger partial charge on any atom is 0.273 e. The standard InChI is InChI=1S/C22H28ClN3O2S/c1-15(2)21-25-19(14-29-21)22(28)26-11-5-6-16(13-26)9-10-20(27)24-12-17-7-3-4-8-18(17)23/h3-4,7-8,14-16H,5-6,9-13H2,1-2H3,(H,24,27). The van der Waals surface area contributed by atoms with E-state index < -0.39 is 0 Å². The third-order valence-electron chi connectivity index (χ3n) is 5.25. The fourth-order valence-electron chi connectivity index (χ4n) is 3.56. The lowest BCUT2D eigenvalue weighted by atomic mass is 9.93. The van der Waals surface area contributed by atoms with Crippen molar-refractivity contribution in [3.8, 4) is 0 Å². The zero-order chi connectivity index (χ0) is 20.8. The fourth-order valence-corrected chi connectivity index (χ4v) is 4.57. The first-order valence-corrected chi connectivity index (χ1v) is 11.4. The molecule has 7 heteroatoms. The number of nitrogens with zero attached hydrogens (tertiary/aromatic N) is 2. The van der Waals surface area contributed by atoms with E-state index in [0.717, 1.165) is 36.4 Å². The van der Waals surface area contributed by atoms with Crippen LogP contribution < -0.4 is 5.32 Å². The number of piperidine rings is 1. The largest absolute Gasteiger partial charge is 0.352 e. The minimum Gasteiger partial charge on any atom is -0.352 e. The summed E-state index contributed by atoms with van der Waals surface area (Å²) in [6.45, 7) is 6.07. The molecule has 1 saturated heterocycles. The van der Waals surface area contributed by atoms with Gasteiger partial charge in [0.1, 0.15) is 5.69 Å². The van der Waals surface area contributed by atoms with Crippen LogP contribution in [0.2, 0.25) is 5.02 Å². The van der Waals surface area contributed by atoms with Gasteiger partial charge in [-0.1, -0.05) is 43.6 Å². The topological polar surface area (TPSA) is 62.3 Å². The normalized spacial score (nSPS) is 16.8. The number of carbonyl (C=O) groups is 2. The minimum absolute atomic E-state index is 0.0148. The van der Waals surface area contributed by atoms with Crippen molar-refractivity contribution in [2.24, 2.45) is 5.92 Å². The van der Waals surface area contributed by atoms with Crippen molar-refractivity contribution in [1.29, 1.82) is 0 Å². The van der Waals surface area contributed by atoms with E-state index in [9.17, 15) is 9.59 Å². The van der Waals surface area contributed by atoms with Gasteiger partial charge in [0, 0.05) is 42.4 Å². The van der Waals surface area contributed by atoms with Crippen LogP contribution in [0.25, 0.3) is 0 Å². The number of hydrogen-bond acceptors (Lipinski definition) is 4. The number of aromatic nitrogens is 1. The Labute approximate surface area is 181 Å². The highest BCUT2D eigenvalue weighted by Crippen LogP contribution is 2.24. The van der Waals surface area contributed by atoms with E-state index in [1.54, 1.807) is 11.3 Å². The van der Waals surface area contributed by atoms with Gasteiger partial charge in [0.25, 0.3) is 5.91 Å². The van der Waals surface area contributed by atoms with Gasteiger partial charge in [0.15, 0.2) is 0 Å². The molecule has 0 spiro atoms. The van der Waals surface area contributed by atoms with Crippen LogP contribution in [0.4, 0.5) is 0 Å².